The van der Waals surface area contributed by atoms with E-state index in [0.717, 1.165) is 12.0 Å². The summed E-state index contributed by atoms with van der Waals surface area (Å²) in [7, 11) is 1.49. The second-order valence-electron chi connectivity index (χ2n) is 5.56. The summed E-state index contributed by atoms with van der Waals surface area (Å²) in [5.41, 5.74) is 1.48. The molecule has 0 unspecified atom stereocenters. The lowest BCUT2D eigenvalue weighted by Crippen LogP contribution is -2.04. The van der Waals surface area contributed by atoms with Crippen LogP contribution in [0.25, 0.3) is 0 Å². The third-order valence-corrected chi connectivity index (χ3v) is 3.87. The Morgan fingerprint density at radius 3 is 2.41 bits per heavy atom. The summed E-state index contributed by atoms with van der Waals surface area (Å²) in [6.45, 7) is 2.05. The molecule has 3 aromatic rings. The van der Waals surface area contributed by atoms with Crippen LogP contribution < -0.4 is 14.8 Å². The lowest BCUT2D eigenvalue weighted by molar-refractivity contribution is -0.385. The molecule has 0 aliphatic rings. The highest BCUT2D eigenvalue weighted by Gasteiger charge is 2.26. The second-order valence-corrected chi connectivity index (χ2v) is 5.56. The van der Waals surface area contributed by atoms with Gasteiger partial charge in [0.25, 0.3) is 0 Å². The maximum atomic E-state index is 11.7. The molecule has 1 heterocycles. The van der Waals surface area contributed by atoms with Crippen LogP contribution >= 0.6 is 0 Å². The van der Waals surface area contributed by atoms with Crippen LogP contribution in [0.3, 0.4) is 0 Å². The molecule has 138 valence electrons. The number of benzene rings is 2. The van der Waals surface area contributed by atoms with E-state index in [9.17, 15) is 10.1 Å². The SMILES string of the molecule is CCc1ccc(Nc2ncnc(Oc3ccccc3OC)c2[N+](=O)[O-])cc1. The first-order chi connectivity index (χ1) is 13.1. The molecule has 0 aliphatic carbocycles. The second kappa shape index (κ2) is 8.13. The van der Waals surface area contributed by atoms with E-state index in [2.05, 4.69) is 22.2 Å². The highest BCUT2D eigenvalue weighted by Crippen LogP contribution is 2.38. The van der Waals surface area contributed by atoms with Crippen LogP contribution in [-0.4, -0.2) is 22.0 Å². The molecule has 0 spiro atoms. The summed E-state index contributed by atoms with van der Waals surface area (Å²) >= 11 is 0. The number of ether oxygens (including phenoxy) is 2. The number of hydrogen-bond donors (Lipinski definition) is 1. The summed E-state index contributed by atoms with van der Waals surface area (Å²) < 4.78 is 10.9. The van der Waals surface area contributed by atoms with E-state index in [0.29, 0.717) is 17.2 Å². The minimum absolute atomic E-state index is 0.0455. The van der Waals surface area contributed by atoms with Crippen molar-refractivity contribution >= 4 is 17.2 Å². The third kappa shape index (κ3) is 4.12. The summed E-state index contributed by atoms with van der Waals surface area (Å²) in [5, 5.41) is 14.6. The van der Waals surface area contributed by atoms with Gasteiger partial charge in [0, 0.05) is 5.69 Å². The van der Waals surface area contributed by atoms with Gasteiger partial charge in [0.15, 0.2) is 11.5 Å². The molecule has 2 aromatic carbocycles. The number of hydrogen-bond acceptors (Lipinski definition) is 7. The predicted molar refractivity (Wildman–Crippen MR) is 101 cm³/mol. The Balaban J connectivity index is 1.95. The standard InChI is InChI=1S/C19H18N4O4/c1-3-13-8-10-14(11-9-13)22-18-17(23(24)25)19(21-12-20-18)27-16-7-5-4-6-15(16)26-2/h4-12H,3H2,1-2H3,(H,20,21,22). The van der Waals surface area contributed by atoms with Crippen molar-refractivity contribution in [1.82, 2.24) is 9.97 Å². The fraction of sp³-hybridized carbons (Fsp3) is 0.158. The Hall–Kier alpha value is -3.68. The first kappa shape index (κ1) is 18.1. The monoisotopic (exact) mass is 366 g/mol. The van der Waals surface area contributed by atoms with E-state index in [-0.39, 0.29) is 17.4 Å². The Morgan fingerprint density at radius 2 is 1.78 bits per heavy atom. The molecule has 0 saturated heterocycles. The fourth-order valence-electron chi connectivity index (χ4n) is 2.46. The summed E-state index contributed by atoms with van der Waals surface area (Å²) in [4.78, 5) is 19.0. The molecule has 8 nitrogen and oxygen atoms in total. The number of nitrogens with one attached hydrogen (secondary N) is 1. The van der Waals surface area contributed by atoms with Crippen LogP contribution in [0.5, 0.6) is 17.4 Å². The zero-order valence-electron chi connectivity index (χ0n) is 14.9. The van der Waals surface area contributed by atoms with Gasteiger partial charge in [-0.1, -0.05) is 31.2 Å². The normalized spacial score (nSPS) is 10.3. The van der Waals surface area contributed by atoms with Gasteiger partial charge >= 0.3 is 11.6 Å². The van der Waals surface area contributed by atoms with Crippen molar-refractivity contribution in [3.05, 3.63) is 70.5 Å². The lowest BCUT2D eigenvalue weighted by Gasteiger charge is -2.11. The van der Waals surface area contributed by atoms with Gasteiger partial charge < -0.3 is 14.8 Å². The predicted octanol–water partition coefficient (Wildman–Crippen LogP) is 4.49. The van der Waals surface area contributed by atoms with Gasteiger partial charge in [-0.3, -0.25) is 10.1 Å². The number of nitrogens with zero attached hydrogens (tertiary/aromatic N) is 3. The van der Waals surface area contributed by atoms with E-state index in [1.807, 2.05) is 24.3 Å². The maximum absolute atomic E-state index is 11.7. The molecule has 27 heavy (non-hydrogen) atoms. The quantitative estimate of drug-likeness (QED) is 0.486. The molecular formula is C19H18N4O4. The van der Waals surface area contributed by atoms with Gasteiger partial charge in [0.1, 0.15) is 6.33 Å². The average molecular weight is 366 g/mol. The van der Waals surface area contributed by atoms with E-state index in [1.165, 1.54) is 13.4 Å². The highest BCUT2D eigenvalue weighted by atomic mass is 16.6. The number of nitro groups is 1. The first-order valence-electron chi connectivity index (χ1n) is 8.28. The molecule has 0 amide bonds. The van der Waals surface area contributed by atoms with Gasteiger partial charge in [0.2, 0.25) is 5.82 Å². The molecule has 0 radical (unpaired) electrons. The van der Waals surface area contributed by atoms with E-state index in [4.69, 9.17) is 9.47 Å². The zero-order chi connectivity index (χ0) is 19.2. The van der Waals surface area contributed by atoms with Crippen molar-refractivity contribution in [3.63, 3.8) is 0 Å². The molecule has 0 saturated carbocycles. The molecule has 3 rings (SSSR count). The summed E-state index contributed by atoms with van der Waals surface area (Å²) in [5.74, 6) is 0.631. The van der Waals surface area contributed by atoms with Gasteiger partial charge in [0.05, 0.1) is 12.0 Å². The molecule has 1 aromatic heterocycles. The molecular weight excluding hydrogens is 348 g/mol. The van der Waals surface area contributed by atoms with Gasteiger partial charge in [-0.15, -0.1) is 0 Å². The minimum atomic E-state index is -0.576. The Morgan fingerprint density at radius 1 is 1.07 bits per heavy atom. The Bertz CT molecular complexity index is 945. The van der Waals surface area contributed by atoms with Crippen molar-refractivity contribution < 1.29 is 14.4 Å². The lowest BCUT2D eigenvalue weighted by atomic mass is 10.1. The summed E-state index contributed by atoms with van der Waals surface area (Å²) in [6.07, 6.45) is 2.12. The van der Waals surface area contributed by atoms with Crippen molar-refractivity contribution in [2.75, 3.05) is 12.4 Å². The molecule has 0 atom stereocenters. The van der Waals surface area contributed by atoms with Crippen LogP contribution in [0.1, 0.15) is 12.5 Å². The number of rotatable bonds is 7. The van der Waals surface area contributed by atoms with Crippen LogP contribution in [-0.2, 0) is 6.42 Å². The smallest absolute Gasteiger partial charge is 0.373 e. The van der Waals surface area contributed by atoms with Gasteiger partial charge in [-0.25, -0.2) is 4.98 Å². The van der Waals surface area contributed by atoms with Crippen molar-refractivity contribution in [3.8, 4) is 17.4 Å². The fourth-order valence-corrected chi connectivity index (χ4v) is 2.46. The van der Waals surface area contributed by atoms with Crippen LogP contribution in [0.2, 0.25) is 0 Å². The first-order valence-corrected chi connectivity index (χ1v) is 8.28. The molecule has 1 N–H and O–H groups in total. The Labute approximate surface area is 156 Å². The number of methoxy groups -OCH3 is 1. The van der Waals surface area contributed by atoms with Crippen molar-refractivity contribution in [2.45, 2.75) is 13.3 Å². The van der Waals surface area contributed by atoms with Crippen molar-refractivity contribution in [2.24, 2.45) is 0 Å². The van der Waals surface area contributed by atoms with Crippen LogP contribution in [0, 0.1) is 10.1 Å². The minimum Gasteiger partial charge on any atom is -0.493 e. The zero-order valence-corrected chi connectivity index (χ0v) is 14.9. The average Bonchev–Trinajstić information content (AvgIpc) is 2.69. The Kier molecular flexibility index (Phi) is 5.46. The van der Waals surface area contributed by atoms with Crippen LogP contribution in [0.4, 0.5) is 17.2 Å². The molecule has 8 heteroatoms. The topological polar surface area (TPSA) is 99.4 Å². The number of aryl methyl sites for hydroxylation is 1. The van der Waals surface area contributed by atoms with Crippen molar-refractivity contribution in [1.29, 1.82) is 0 Å². The van der Waals surface area contributed by atoms with E-state index < -0.39 is 4.92 Å². The molecule has 0 fully saturated rings. The highest BCUT2D eigenvalue weighted by molar-refractivity contribution is 5.69. The number of para-hydroxylation sites is 2. The van der Waals surface area contributed by atoms with Crippen LogP contribution in [0.15, 0.2) is 54.9 Å². The largest absolute Gasteiger partial charge is 0.493 e. The van der Waals surface area contributed by atoms with E-state index in [1.54, 1.807) is 24.3 Å². The third-order valence-electron chi connectivity index (χ3n) is 3.87. The number of aromatic nitrogens is 2. The van der Waals surface area contributed by atoms with E-state index >= 15 is 0 Å². The van der Waals surface area contributed by atoms with Gasteiger partial charge in [-0.05, 0) is 36.2 Å². The molecule has 0 aliphatic heterocycles. The maximum Gasteiger partial charge on any atom is 0.373 e. The molecule has 0 bridgehead atoms. The van der Waals surface area contributed by atoms with Gasteiger partial charge in [-0.2, -0.15) is 4.98 Å². The number of anilines is 2. The summed E-state index contributed by atoms with van der Waals surface area (Å²) in [6, 6.07) is 14.4.